The van der Waals surface area contributed by atoms with Crippen LogP contribution in [-0.4, -0.2) is 47.3 Å². The number of benzene rings is 1. The molecule has 0 amide bonds. The number of aromatic nitrogens is 3. The van der Waals surface area contributed by atoms with E-state index in [2.05, 4.69) is 9.97 Å². The van der Waals surface area contributed by atoms with Crippen molar-refractivity contribution in [3.8, 4) is 0 Å². The summed E-state index contributed by atoms with van der Waals surface area (Å²) >= 11 is 0. The molecule has 0 spiro atoms. The molecule has 0 radical (unpaired) electrons. The molecule has 3 aromatic rings. The van der Waals surface area contributed by atoms with Crippen LogP contribution < -0.4 is 5.48 Å². The Labute approximate surface area is 169 Å². The fourth-order valence-corrected chi connectivity index (χ4v) is 3.90. The number of anilines is 1. The topological polar surface area (TPSA) is 124 Å². The second-order valence-electron chi connectivity index (χ2n) is 6.86. The van der Waals surface area contributed by atoms with Crippen molar-refractivity contribution in [2.45, 2.75) is 30.8 Å². The van der Waals surface area contributed by atoms with Gasteiger partial charge in [-0.1, -0.05) is 6.07 Å². The minimum absolute atomic E-state index is 0. The lowest BCUT2D eigenvalue weighted by Crippen LogP contribution is -2.31. The van der Waals surface area contributed by atoms with Crippen LogP contribution in [0.1, 0.15) is 24.1 Å². The van der Waals surface area contributed by atoms with Crippen molar-refractivity contribution in [2.75, 3.05) is 5.48 Å². The molecule has 2 heterocycles. The van der Waals surface area contributed by atoms with Crippen molar-refractivity contribution < 1.29 is 29.3 Å². The van der Waals surface area contributed by atoms with Gasteiger partial charge in [-0.25, -0.2) is 18.7 Å². The number of hydrogen-bond acceptors (Lipinski definition) is 7. The quantitative estimate of drug-likeness (QED) is 0.402. The van der Waals surface area contributed by atoms with Crippen LogP contribution in [-0.2, 0) is 0 Å². The highest BCUT2D eigenvalue weighted by atomic mass is 35.5. The van der Waals surface area contributed by atoms with E-state index in [4.69, 9.17) is 5.21 Å². The minimum Gasteiger partial charge on any atom is -0.390 e. The zero-order valence-electron chi connectivity index (χ0n) is 14.9. The lowest BCUT2D eigenvalue weighted by molar-refractivity contribution is -0.0265. The number of nitrogens with one attached hydrogen (secondary N) is 1. The van der Waals surface area contributed by atoms with E-state index < -0.39 is 41.9 Å². The molecule has 2 aromatic heterocycles. The van der Waals surface area contributed by atoms with Crippen molar-refractivity contribution in [1.82, 2.24) is 14.5 Å². The highest BCUT2D eigenvalue weighted by molar-refractivity contribution is 5.87. The standard InChI is InChI=1S/C18H18F2N4O4.ClH/c19-11-2-1-8(5-12(11)20)14(25)10-6-13(16(27)15(10)26)24-4-3-9-17(23-28)21-7-22-18(9)24;/h1-5,7,10,13-16,25-28H,6H2,(H,21,22,23);1H/t10-,13-,14?,15-,16+;/m1./s1. The van der Waals surface area contributed by atoms with Gasteiger partial charge in [-0.05, 0) is 30.2 Å². The van der Waals surface area contributed by atoms with Crippen LogP contribution in [0, 0.1) is 17.6 Å². The Bertz CT molecular complexity index is 1020. The summed E-state index contributed by atoms with van der Waals surface area (Å²) in [6.07, 6.45) is -0.770. The number of aliphatic hydroxyl groups is 3. The molecule has 1 aliphatic carbocycles. The molecule has 5 N–H and O–H groups in total. The third-order valence-electron chi connectivity index (χ3n) is 5.36. The number of halogens is 3. The summed E-state index contributed by atoms with van der Waals surface area (Å²) in [6, 6.07) is 4.05. The fraction of sp³-hybridized carbons (Fsp3) is 0.333. The molecular formula is C18H19ClF2N4O4. The van der Waals surface area contributed by atoms with E-state index in [0.717, 1.165) is 12.1 Å². The number of fused-ring (bicyclic) bond motifs is 1. The van der Waals surface area contributed by atoms with Gasteiger partial charge in [0.25, 0.3) is 0 Å². The van der Waals surface area contributed by atoms with Crippen molar-refractivity contribution in [3.05, 3.63) is 54.0 Å². The zero-order chi connectivity index (χ0) is 20.0. The van der Waals surface area contributed by atoms with Gasteiger partial charge in [-0.2, -0.15) is 0 Å². The number of nitrogens with zero attached hydrogens (tertiary/aromatic N) is 3. The van der Waals surface area contributed by atoms with Crippen LogP contribution >= 0.6 is 12.4 Å². The summed E-state index contributed by atoms with van der Waals surface area (Å²) in [5.74, 6) is -2.75. The summed E-state index contributed by atoms with van der Waals surface area (Å²) in [4.78, 5) is 8.05. The molecule has 29 heavy (non-hydrogen) atoms. The van der Waals surface area contributed by atoms with Crippen molar-refractivity contribution >= 4 is 29.3 Å². The molecule has 156 valence electrons. The summed E-state index contributed by atoms with van der Waals surface area (Å²) in [5.41, 5.74) is 2.50. The van der Waals surface area contributed by atoms with E-state index >= 15 is 0 Å². The third kappa shape index (κ3) is 3.53. The van der Waals surface area contributed by atoms with E-state index in [1.807, 2.05) is 5.48 Å². The van der Waals surface area contributed by atoms with Gasteiger partial charge in [-0.3, -0.25) is 10.7 Å². The maximum atomic E-state index is 13.5. The molecule has 8 nitrogen and oxygen atoms in total. The average molecular weight is 429 g/mol. The predicted molar refractivity (Wildman–Crippen MR) is 101 cm³/mol. The van der Waals surface area contributed by atoms with Crippen molar-refractivity contribution in [3.63, 3.8) is 0 Å². The Hall–Kier alpha value is -2.37. The SMILES string of the molecule is Cl.ONc1ncnc2c1ccn2[C@@H]1C[C@H](C(O)c2ccc(F)c(F)c2)[C@@H](O)[C@H]1O. The first-order valence-corrected chi connectivity index (χ1v) is 8.63. The first kappa shape index (κ1) is 21.3. The van der Waals surface area contributed by atoms with Gasteiger partial charge in [-0.15, -0.1) is 12.4 Å². The molecular weight excluding hydrogens is 410 g/mol. The summed E-state index contributed by atoms with van der Waals surface area (Å²) in [7, 11) is 0. The van der Waals surface area contributed by atoms with Gasteiger partial charge in [0.05, 0.1) is 23.6 Å². The van der Waals surface area contributed by atoms with Gasteiger partial charge < -0.3 is 19.9 Å². The summed E-state index contributed by atoms with van der Waals surface area (Å²) in [6.45, 7) is 0. The normalized spacial score (nSPS) is 25.0. The Kier molecular flexibility index (Phi) is 6.01. The molecule has 1 aliphatic rings. The van der Waals surface area contributed by atoms with E-state index in [1.165, 1.54) is 12.4 Å². The van der Waals surface area contributed by atoms with Crippen LogP contribution in [0.5, 0.6) is 0 Å². The van der Waals surface area contributed by atoms with E-state index in [-0.39, 0.29) is 30.2 Å². The van der Waals surface area contributed by atoms with Crippen LogP contribution in [0.2, 0.25) is 0 Å². The van der Waals surface area contributed by atoms with Crippen molar-refractivity contribution in [1.29, 1.82) is 0 Å². The van der Waals surface area contributed by atoms with E-state index in [1.54, 1.807) is 16.8 Å². The Balaban J connectivity index is 0.00000240. The Morgan fingerprint density at radius 3 is 2.55 bits per heavy atom. The number of rotatable bonds is 4. The molecule has 0 bridgehead atoms. The first-order valence-electron chi connectivity index (χ1n) is 8.63. The van der Waals surface area contributed by atoms with Gasteiger partial charge in [0.2, 0.25) is 0 Å². The van der Waals surface area contributed by atoms with Crippen LogP contribution in [0.3, 0.4) is 0 Å². The molecule has 11 heteroatoms. The second-order valence-corrected chi connectivity index (χ2v) is 6.86. The predicted octanol–water partition coefficient (Wildman–Crippen LogP) is 1.95. The molecule has 1 fully saturated rings. The Morgan fingerprint density at radius 1 is 1.10 bits per heavy atom. The zero-order valence-corrected chi connectivity index (χ0v) is 15.7. The maximum absolute atomic E-state index is 13.5. The molecule has 4 rings (SSSR count). The van der Waals surface area contributed by atoms with E-state index in [9.17, 15) is 24.1 Å². The van der Waals surface area contributed by atoms with Crippen molar-refractivity contribution in [2.24, 2.45) is 5.92 Å². The maximum Gasteiger partial charge on any atom is 0.162 e. The summed E-state index contributed by atoms with van der Waals surface area (Å²) < 4.78 is 28.3. The van der Waals surface area contributed by atoms with Gasteiger partial charge in [0.1, 0.15) is 18.1 Å². The molecule has 0 aliphatic heterocycles. The third-order valence-corrected chi connectivity index (χ3v) is 5.36. The van der Waals surface area contributed by atoms with Gasteiger partial charge in [0.15, 0.2) is 17.5 Å². The number of hydrogen-bond donors (Lipinski definition) is 5. The molecule has 0 saturated heterocycles. The van der Waals surface area contributed by atoms with Crippen LogP contribution in [0.4, 0.5) is 14.6 Å². The van der Waals surface area contributed by atoms with Gasteiger partial charge in [0, 0.05) is 12.1 Å². The average Bonchev–Trinajstić information content (AvgIpc) is 3.25. The van der Waals surface area contributed by atoms with E-state index in [0.29, 0.717) is 11.0 Å². The largest absolute Gasteiger partial charge is 0.390 e. The van der Waals surface area contributed by atoms with Crippen LogP contribution in [0.25, 0.3) is 11.0 Å². The van der Waals surface area contributed by atoms with Crippen LogP contribution in [0.15, 0.2) is 36.8 Å². The molecule has 1 aromatic carbocycles. The number of aliphatic hydroxyl groups excluding tert-OH is 3. The fourth-order valence-electron chi connectivity index (χ4n) is 3.90. The second kappa shape index (κ2) is 8.17. The molecule has 5 atom stereocenters. The first-order chi connectivity index (χ1) is 13.4. The Morgan fingerprint density at radius 2 is 1.86 bits per heavy atom. The lowest BCUT2D eigenvalue weighted by atomic mass is 9.92. The smallest absolute Gasteiger partial charge is 0.162 e. The summed E-state index contributed by atoms with van der Waals surface area (Å²) in [5, 5.41) is 41.3. The highest BCUT2D eigenvalue weighted by Crippen LogP contribution is 2.43. The molecule has 1 unspecified atom stereocenters. The molecule has 1 saturated carbocycles. The van der Waals surface area contributed by atoms with Gasteiger partial charge >= 0.3 is 0 Å². The lowest BCUT2D eigenvalue weighted by Gasteiger charge is -2.22. The monoisotopic (exact) mass is 428 g/mol. The minimum atomic E-state index is -1.30. The highest BCUT2D eigenvalue weighted by Gasteiger charge is 2.46.